The summed E-state index contributed by atoms with van der Waals surface area (Å²) in [5.41, 5.74) is 0. The molecule has 3 aliphatic carbocycles. The second-order valence-corrected chi connectivity index (χ2v) is 9.30. The molecule has 4 atom stereocenters. The molecule has 4 unspecified atom stereocenters. The molecule has 3 heteroatoms. The molecule has 0 heterocycles. The molecule has 0 bridgehead atoms. The minimum Gasteiger partial charge on any atom is -0.390 e. The average Bonchev–Trinajstić information content (AvgIpc) is 2.67. The summed E-state index contributed by atoms with van der Waals surface area (Å²) < 4.78 is 28.2. The zero-order chi connectivity index (χ0) is 18.5. The van der Waals surface area contributed by atoms with Gasteiger partial charge in [-0.25, -0.2) is 8.78 Å². The Hall–Kier alpha value is -0.440. The van der Waals surface area contributed by atoms with Crippen LogP contribution in [0.5, 0.6) is 0 Å². The van der Waals surface area contributed by atoms with Gasteiger partial charge in [0.2, 0.25) is 0 Å². The van der Waals surface area contributed by atoms with Crippen molar-refractivity contribution in [3.8, 4) is 0 Å². The summed E-state index contributed by atoms with van der Waals surface area (Å²) in [6, 6.07) is 0. The molecule has 0 amide bonds. The van der Waals surface area contributed by atoms with Crippen LogP contribution >= 0.6 is 0 Å². The zero-order valence-electron chi connectivity index (χ0n) is 16.5. The summed E-state index contributed by atoms with van der Waals surface area (Å²) in [6.07, 6.45) is 14.0. The zero-order valence-corrected chi connectivity index (χ0v) is 16.5. The molecule has 0 aromatic rings. The molecule has 0 spiro atoms. The number of aliphatic hydroxyl groups is 1. The van der Waals surface area contributed by atoms with Crippen LogP contribution in [-0.4, -0.2) is 23.6 Å². The van der Waals surface area contributed by atoms with Gasteiger partial charge in [0.1, 0.15) is 6.17 Å². The predicted octanol–water partition coefficient (Wildman–Crippen LogP) is 6.40. The Kier molecular flexibility index (Phi) is 7.54. The molecule has 0 aromatic carbocycles. The fraction of sp³-hybridized carbons (Fsp3) is 0.913. The molecule has 3 saturated carbocycles. The Labute approximate surface area is 158 Å². The lowest BCUT2D eigenvalue weighted by Gasteiger charge is -2.42. The maximum Gasteiger partial charge on any atom is 0.157 e. The smallest absolute Gasteiger partial charge is 0.157 e. The van der Waals surface area contributed by atoms with E-state index in [1.165, 1.54) is 51.4 Å². The molecule has 26 heavy (non-hydrogen) atoms. The SMILES string of the molecule is C/C=C/CCC1CCC(C2CCC(C3CCC(O)C(F)C3F)CC2)CC1. The molecular formula is C23H38F2O. The monoisotopic (exact) mass is 368 g/mol. The Morgan fingerprint density at radius 3 is 1.96 bits per heavy atom. The van der Waals surface area contributed by atoms with Crippen LogP contribution in [0.25, 0.3) is 0 Å². The molecule has 3 fully saturated rings. The van der Waals surface area contributed by atoms with Gasteiger partial charge in [-0.2, -0.15) is 0 Å². The summed E-state index contributed by atoms with van der Waals surface area (Å²) >= 11 is 0. The quantitative estimate of drug-likeness (QED) is 0.556. The van der Waals surface area contributed by atoms with Crippen molar-refractivity contribution in [2.75, 3.05) is 0 Å². The lowest BCUT2D eigenvalue weighted by molar-refractivity contribution is -0.0561. The van der Waals surface area contributed by atoms with Crippen molar-refractivity contribution in [1.29, 1.82) is 0 Å². The Balaban J connectivity index is 1.40. The van der Waals surface area contributed by atoms with Crippen molar-refractivity contribution in [2.45, 2.75) is 102 Å². The number of alkyl halides is 2. The Bertz CT molecular complexity index is 435. The van der Waals surface area contributed by atoms with Crippen molar-refractivity contribution < 1.29 is 13.9 Å². The third kappa shape index (κ3) is 4.88. The van der Waals surface area contributed by atoms with Gasteiger partial charge < -0.3 is 5.11 Å². The Morgan fingerprint density at radius 1 is 0.769 bits per heavy atom. The number of halogens is 2. The molecule has 150 valence electrons. The van der Waals surface area contributed by atoms with Crippen LogP contribution in [0.4, 0.5) is 8.78 Å². The largest absolute Gasteiger partial charge is 0.390 e. The van der Waals surface area contributed by atoms with Gasteiger partial charge in [0.15, 0.2) is 6.17 Å². The first-order chi connectivity index (χ1) is 12.6. The molecule has 3 aliphatic rings. The summed E-state index contributed by atoms with van der Waals surface area (Å²) in [6.45, 7) is 2.10. The van der Waals surface area contributed by atoms with Crippen LogP contribution in [0.15, 0.2) is 12.2 Å². The highest BCUT2D eigenvalue weighted by Gasteiger charge is 2.44. The van der Waals surface area contributed by atoms with E-state index in [4.69, 9.17) is 0 Å². The maximum atomic E-state index is 14.4. The number of rotatable bonds is 5. The van der Waals surface area contributed by atoms with Gasteiger partial charge >= 0.3 is 0 Å². The van der Waals surface area contributed by atoms with E-state index < -0.39 is 18.4 Å². The van der Waals surface area contributed by atoms with Crippen LogP contribution in [0.1, 0.15) is 84.0 Å². The fourth-order valence-corrected chi connectivity index (χ4v) is 6.12. The summed E-state index contributed by atoms with van der Waals surface area (Å²) in [7, 11) is 0. The van der Waals surface area contributed by atoms with E-state index in [2.05, 4.69) is 19.1 Å². The van der Waals surface area contributed by atoms with Crippen LogP contribution in [0.3, 0.4) is 0 Å². The highest BCUT2D eigenvalue weighted by Crippen LogP contribution is 2.46. The van der Waals surface area contributed by atoms with Gasteiger partial charge in [-0.05, 0) is 101 Å². The first-order valence-electron chi connectivity index (χ1n) is 11.2. The Morgan fingerprint density at radius 2 is 1.35 bits per heavy atom. The predicted molar refractivity (Wildman–Crippen MR) is 103 cm³/mol. The molecule has 1 N–H and O–H groups in total. The normalized spacial score (nSPS) is 45.1. The number of hydrogen-bond donors (Lipinski definition) is 1. The molecule has 0 saturated heterocycles. The fourth-order valence-electron chi connectivity index (χ4n) is 6.12. The van der Waals surface area contributed by atoms with Gasteiger partial charge in [0.05, 0.1) is 6.10 Å². The lowest BCUT2D eigenvalue weighted by atomic mass is 9.65. The summed E-state index contributed by atoms with van der Waals surface area (Å²) in [4.78, 5) is 0. The van der Waals surface area contributed by atoms with E-state index in [9.17, 15) is 13.9 Å². The minimum absolute atomic E-state index is 0.156. The number of hydrogen-bond acceptors (Lipinski definition) is 1. The summed E-state index contributed by atoms with van der Waals surface area (Å²) in [5, 5.41) is 9.55. The lowest BCUT2D eigenvalue weighted by Crippen LogP contribution is -2.44. The van der Waals surface area contributed by atoms with Gasteiger partial charge in [-0.15, -0.1) is 0 Å². The van der Waals surface area contributed by atoms with Gasteiger partial charge in [-0.1, -0.05) is 25.0 Å². The van der Waals surface area contributed by atoms with Crippen LogP contribution in [0, 0.1) is 29.6 Å². The maximum absolute atomic E-state index is 14.4. The molecular weight excluding hydrogens is 330 g/mol. The van der Waals surface area contributed by atoms with E-state index in [0.29, 0.717) is 18.8 Å². The first kappa shape index (κ1) is 20.3. The molecule has 0 aromatic heterocycles. The van der Waals surface area contributed by atoms with E-state index in [1.807, 2.05) is 0 Å². The first-order valence-corrected chi connectivity index (χ1v) is 11.2. The van der Waals surface area contributed by atoms with Gasteiger partial charge in [-0.3, -0.25) is 0 Å². The van der Waals surface area contributed by atoms with Crippen molar-refractivity contribution in [3.05, 3.63) is 12.2 Å². The molecule has 1 nitrogen and oxygen atoms in total. The van der Waals surface area contributed by atoms with Crippen LogP contribution < -0.4 is 0 Å². The van der Waals surface area contributed by atoms with Crippen molar-refractivity contribution in [1.82, 2.24) is 0 Å². The standard InChI is InChI=1S/C23H38F2O/c1-2-3-4-5-16-6-8-17(9-7-16)18-10-12-19(13-11-18)20-14-15-21(26)23(25)22(20)24/h2-3,16-23,26H,4-15H2,1H3/b3-2+. The van der Waals surface area contributed by atoms with Crippen molar-refractivity contribution in [2.24, 2.45) is 29.6 Å². The molecule has 0 aliphatic heterocycles. The van der Waals surface area contributed by atoms with E-state index in [1.54, 1.807) is 0 Å². The molecule has 0 radical (unpaired) electrons. The third-order valence-corrected chi connectivity index (χ3v) is 7.83. The molecule has 3 rings (SSSR count). The van der Waals surface area contributed by atoms with E-state index in [0.717, 1.165) is 30.6 Å². The highest BCUT2D eigenvalue weighted by atomic mass is 19.2. The van der Waals surface area contributed by atoms with E-state index >= 15 is 0 Å². The van der Waals surface area contributed by atoms with Crippen LogP contribution in [-0.2, 0) is 0 Å². The minimum atomic E-state index is -1.66. The van der Waals surface area contributed by atoms with E-state index in [-0.39, 0.29) is 5.92 Å². The van der Waals surface area contributed by atoms with Crippen LogP contribution in [0.2, 0.25) is 0 Å². The topological polar surface area (TPSA) is 20.2 Å². The van der Waals surface area contributed by atoms with Crippen molar-refractivity contribution in [3.63, 3.8) is 0 Å². The second kappa shape index (κ2) is 9.66. The second-order valence-electron chi connectivity index (χ2n) is 9.30. The summed E-state index contributed by atoms with van der Waals surface area (Å²) in [5.74, 6) is 2.79. The third-order valence-electron chi connectivity index (χ3n) is 7.83. The van der Waals surface area contributed by atoms with Crippen molar-refractivity contribution >= 4 is 0 Å². The van der Waals surface area contributed by atoms with Gasteiger partial charge in [0, 0.05) is 0 Å². The average molecular weight is 369 g/mol. The number of allylic oxidation sites excluding steroid dienone is 2. The van der Waals surface area contributed by atoms with Gasteiger partial charge in [0.25, 0.3) is 0 Å². The number of aliphatic hydroxyl groups excluding tert-OH is 1. The highest BCUT2D eigenvalue weighted by molar-refractivity contribution is 4.93.